The highest BCUT2D eigenvalue weighted by Gasteiger charge is 2.55. The van der Waals surface area contributed by atoms with E-state index in [1.54, 1.807) is 0 Å². The van der Waals surface area contributed by atoms with Crippen LogP contribution in [0.5, 0.6) is 0 Å². The predicted molar refractivity (Wildman–Crippen MR) is 92.1 cm³/mol. The minimum atomic E-state index is -1.14. The van der Waals surface area contributed by atoms with Crippen molar-refractivity contribution in [3.8, 4) is 0 Å². The highest BCUT2D eigenvalue weighted by molar-refractivity contribution is 8.00. The Morgan fingerprint density at radius 3 is 2.92 bits per heavy atom. The number of thioether (sulfide) groups is 2. The van der Waals surface area contributed by atoms with E-state index in [0.717, 1.165) is 11.8 Å². The molecular formula is C13H16N6O5S2. The quantitative estimate of drug-likeness (QED) is 0.380. The van der Waals surface area contributed by atoms with Gasteiger partial charge in [-0.05, 0) is 10.4 Å². The maximum absolute atomic E-state index is 11.9. The van der Waals surface area contributed by atoms with E-state index in [9.17, 15) is 19.5 Å². The molecule has 3 rings (SSSR count). The molecule has 11 nitrogen and oxygen atoms in total. The SMILES string of the molecule is NC1C(=O)N2CC(CSc3nnnn3C=CCC(=O)O)(C(=O)O)CS[C@H]12. The molecule has 0 saturated carbocycles. The van der Waals surface area contributed by atoms with Crippen molar-refractivity contribution < 1.29 is 24.6 Å². The molecule has 0 bridgehead atoms. The molecular weight excluding hydrogens is 384 g/mol. The third-order valence-corrected chi connectivity index (χ3v) is 6.95. The molecule has 2 unspecified atom stereocenters. The second-order valence-corrected chi connectivity index (χ2v) is 8.00. The van der Waals surface area contributed by atoms with Crippen LogP contribution in [0.25, 0.3) is 6.20 Å². The van der Waals surface area contributed by atoms with Crippen molar-refractivity contribution in [3.05, 3.63) is 6.08 Å². The molecule has 4 N–H and O–H groups in total. The lowest BCUT2D eigenvalue weighted by Crippen LogP contribution is -2.72. The van der Waals surface area contributed by atoms with Gasteiger partial charge < -0.3 is 20.8 Å². The van der Waals surface area contributed by atoms with Crippen LogP contribution >= 0.6 is 23.5 Å². The minimum Gasteiger partial charge on any atom is -0.481 e. The number of carbonyl (C=O) groups excluding carboxylic acids is 1. The number of amides is 1. The third kappa shape index (κ3) is 3.41. The smallest absolute Gasteiger partial charge is 0.313 e. The standard InChI is InChI=1S/C13H16N6O5S2/c14-8-9(22)18-4-13(11(23)24,5-25-10(8)18)6-26-12-15-16-17-19(12)3-1-2-7(20)21/h1,3,8,10H,2,4-6,14H2,(H,20,21)(H,23,24)/t8?,10-,13?/m1/s1. The second kappa shape index (κ2) is 7.25. The summed E-state index contributed by atoms with van der Waals surface area (Å²) in [5.74, 6) is -1.73. The van der Waals surface area contributed by atoms with E-state index in [-0.39, 0.29) is 30.0 Å². The van der Waals surface area contributed by atoms with Crippen LogP contribution in [0.4, 0.5) is 0 Å². The summed E-state index contributed by atoms with van der Waals surface area (Å²) in [6.07, 6.45) is 2.61. The normalized spacial score (nSPS) is 28.0. The lowest BCUT2D eigenvalue weighted by molar-refractivity contribution is -0.155. The average Bonchev–Trinajstić information content (AvgIpc) is 3.06. The molecule has 0 aliphatic carbocycles. The summed E-state index contributed by atoms with van der Waals surface area (Å²) in [6.45, 7) is 0.0932. The number of hydrogen-bond donors (Lipinski definition) is 3. The monoisotopic (exact) mass is 400 g/mol. The Morgan fingerprint density at radius 1 is 1.46 bits per heavy atom. The Morgan fingerprint density at radius 2 is 2.23 bits per heavy atom. The first kappa shape index (κ1) is 18.7. The van der Waals surface area contributed by atoms with Gasteiger partial charge in [-0.3, -0.25) is 14.4 Å². The number of aromatic nitrogens is 4. The molecule has 26 heavy (non-hydrogen) atoms. The van der Waals surface area contributed by atoms with Crippen LogP contribution in [-0.4, -0.2) is 82.6 Å². The Bertz CT molecular complexity index is 770. The van der Waals surface area contributed by atoms with Gasteiger partial charge in [0.05, 0.1) is 6.42 Å². The molecule has 1 aromatic rings. The van der Waals surface area contributed by atoms with Crippen LogP contribution in [0, 0.1) is 5.41 Å². The number of nitrogens with two attached hydrogens (primary N) is 1. The van der Waals surface area contributed by atoms with Crippen molar-refractivity contribution in [1.29, 1.82) is 0 Å². The summed E-state index contributed by atoms with van der Waals surface area (Å²) in [4.78, 5) is 35.8. The molecule has 0 aromatic carbocycles. The van der Waals surface area contributed by atoms with Crippen molar-refractivity contribution in [2.75, 3.05) is 18.1 Å². The summed E-state index contributed by atoms with van der Waals surface area (Å²) >= 11 is 2.51. The van der Waals surface area contributed by atoms with Crippen molar-refractivity contribution in [1.82, 2.24) is 25.1 Å². The van der Waals surface area contributed by atoms with Crippen molar-refractivity contribution in [2.45, 2.75) is 23.0 Å². The highest BCUT2D eigenvalue weighted by Crippen LogP contribution is 2.43. The molecule has 140 valence electrons. The van der Waals surface area contributed by atoms with Crippen molar-refractivity contribution in [3.63, 3.8) is 0 Å². The second-order valence-electron chi connectivity index (χ2n) is 5.96. The van der Waals surface area contributed by atoms with Crippen LogP contribution in [0.1, 0.15) is 6.42 Å². The molecule has 1 amide bonds. The van der Waals surface area contributed by atoms with E-state index in [4.69, 9.17) is 10.8 Å². The van der Waals surface area contributed by atoms with E-state index in [2.05, 4.69) is 15.5 Å². The maximum Gasteiger partial charge on any atom is 0.313 e. The number of fused-ring (bicyclic) bond motifs is 1. The van der Waals surface area contributed by atoms with Crippen LogP contribution < -0.4 is 5.73 Å². The average molecular weight is 400 g/mol. The summed E-state index contributed by atoms with van der Waals surface area (Å²) in [7, 11) is 0. The first-order valence-electron chi connectivity index (χ1n) is 7.54. The summed E-state index contributed by atoms with van der Waals surface area (Å²) in [5, 5.41) is 29.6. The number of carboxylic acids is 2. The van der Waals surface area contributed by atoms with E-state index >= 15 is 0 Å². The van der Waals surface area contributed by atoms with Crippen LogP contribution in [-0.2, 0) is 14.4 Å². The molecule has 13 heteroatoms. The van der Waals surface area contributed by atoms with Gasteiger partial charge in [0.1, 0.15) is 16.8 Å². The zero-order valence-electron chi connectivity index (χ0n) is 13.4. The molecule has 2 aliphatic heterocycles. The Balaban J connectivity index is 1.68. The number of carboxylic acid groups (broad SMARTS) is 2. The van der Waals surface area contributed by atoms with Gasteiger partial charge in [0, 0.05) is 24.3 Å². The number of aliphatic carboxylic acids is 2. The molecule has 2 aliphatic rings. The molecule has 1 aromatic heterocycles. The third-order valence-electron chi connectivity index (χ3n) is 4.12. The van der Waals surface area contributed by atoms with E-state index in [0.29, 0.717) is 10.9 Å². The number of carbonyl (C=O) groups is 3. The van der Waals surface area contributed by atoms with Gasteiger partial charge >= 0.3 is 11.9 Å². The number of hydrogen-bond acceptors (Lipinski definition) is 9. The fourth-order valence-corrected chi connectivity index (χ4v) is 5.30. The summed E-state index contributed by atoms with van der Waals surface area (Å²) < 4.78 is 1.28. The van der Waals surface area contributed by atoms with Gasteiger partial charge in [-0.1, -0.05) is 17.8 Å². The van der Waals surface area contributed by atoms with E-state index in [1.807, 2.05) is 0 Å². The predicted octanol–water partition coefficient (Wildman–Crippen LogP) is -0.976. The number of β-lactam (4-membered cyclic amide) rings is 1. The topological polar surface area (TPSA) is 165 Å². The lowest BCUT2D eigenvalue weighted by Gasteiger charge is -2.52. The Kier molecular flexibility index (Phi) is 5.20. The van der Waals surface area contributed by atoms with Crippen LogP contribution in [0.15, 0.2) is 11.2 Å². The number of nitrogens with zero attached hydrogens (tertiary/aromatic N) is 5. The van der Waals surface area contributed by atoms with Crippen molar-refractivity contribution in [2.24, 2.45) is 11.1 Å². The zero-order valence-corrected chi connectivity index (χ0v) is 15.0. The first-order chi connectivity index (χ1) is 12.3. The molecule has 0 spiro atoms. The Labute approximate surface area is 156 Å². The maximum atomic E-state index is 11.9. The molecule has 3 heterocycles. The molecule has 0 radical (unpaired) electrons. The fourth-order valence-electron chi connectivity index (χ4n) is 2.64. The summed E-state index contributed by atoms with van der Waals surface area (Å²) in [5.41, 5.74) is 4.60. The summed E-state index contributed by atoms with van der Waals surface area (Å²) in [6, 6.07) is -0.564. The van der Waals surface area contributed by atoms with Crippen molar-refractivity contribution >= 4 is 47.6 Å². The molecule has 2 saturated heterocycles. The van der Waals surface area contributed by atoms with Gasteiger partial charge in [0.15, 0.2) is 0 Å². The van der Waals surface area contributed by atoms with E-state index in [1.165, 1.54) is 33.6 Å². The van der Waals surface area contributed by atoms with Crippen LogP contribution in [0.3, 0.4) is 0 Å². The van der Waals surface area contributed by atoms with Gasteiger partial charge in [-0.25, -0.2) is 0 Å². The fraction of sp³-hybridized carbons (Fsp3) is 0.538. The van der Waals surface area contributed by atoms with Gasteiger partial charge in [-0.15, -0.1) is 16.9 Å². The lowest BCUT2D eigenvalue weighted by atomic mass is 9.89. The minimum absolute atomic E-state index is 0.0932. The Hall–Kier alpha value is -2.12. The number of tetrazole rings is 1. The molecule has 2 fully saturated rings. The molecule has 3 atom stereocenters. The van der Waals surface area contributed by atoms with E-state index < -0.39 is 23.4 Å². The number of rotatable bonds is 7. The van der Waals surface area contributed by atoms with Gasteiger partial charge in [0.25, 0.3) is 0 Å². The van der Waals surface area contributed by atoms with Crippen LogP contribution in [0.2, 0.25) is 0 Å². The van der Waals surface area contributed by atoms with Gasteiger partial charge in [0.2, 0.25) is 11.1 Å². The largest absolute Gasteiger partial charge is 0.481 e. The van der Waals surface area contributed by atoms with Gasteiger partial charge in [-0.2, -0.15) is 4.68 Å². The zero-order chi connectivity index (χ0) is 18.9. The highest BCUT2D eigenvalue weighted by atomic mass is 32.2. The first-order valence-corrected chi connectivity index (χ1v) is 9.58.